The molecule has 2 aromatic rings. The van der Waals surface area contributed by atoms with Crippen LogP contribution in [0.15, 0.2) is 42.7 Å². The summed E-state index contributed by atoms with van der Waals surface area (Å²) in [5.74, 6) is -0.815. The van der Waals surface area contributed by atoms with E-state index in [1.165, 1.54) is 17.2 Å². The van der Waals surface area contributed by atoms with Crippen LogP contribution in [0.5, 0.6) is 0 Å². The van der Waals surface area contributed by atoms with Crippen molar-refractivity contribution in [3.63, 3.8) is 0 Å². The molecular formula is C23H26F3N5O3. The first-order valence-corrected chi connectivity index (χ1v) is 11.2. The number of nitrogens with zero attached hydrogens (tertiary/aromatic N) is 5. The van der Waals surface area contributed by atoms with Gasteiger partial charge in [0.25, 0.3) is 5.91 Å². The Bertz CT molecular complexity index is 997. The Morgan fingerprint density at radius 1 is 0.971 bits per heavy atom. The average Bonchev–Trinajstić information content (AvgIpc) is 2.87. The standard InChI is InChI=1S/C23H26F3N5O3/c24-23(25,26)18-6-3-9-28-21(18)31-10-4-5-17(15-31)22(33)34-16-20(32)30-13-11-29(12-14-30)19-7-1-2-8-27-19/h1-3,6-9,17H,4-5,10-16H2. The molecule has 2 fully saturated rings. The number of rotatable bonds is 5. The molecule has 11 heteroatoms. The van der Waals surface area contributed by atoms with Crippen molar-refractivity contribution in [3.05, 3.63) is 48.3 Å². The van der Waals surface area contributed by atoms with E-state index >= 15 is 0 Å². The van der Waals surface area contributed by atoms with Gasteiger partial charge in [-0.05, 0) is 37.1 Å². The van der Waals surface area contributed by atoms with Crippen LogP contribution in [-0.4, -0.2) is 72.6 Å². The van der Waals surface area contributed by atoms with Crippen molar-refractivity contribution in [2.75, 3.05) is 55.7 Å². The Balaban J connectivity index is 1.28. The molecule has 2 aromatic heterocycles. The van der Waals surface area contributed by atoms with Gasteiger partial charge in [-0.1, -0.05) is 6.07 Å². The largest absolute Gasteiger partial charge is 0.455 e. The van der Waals surface area contributed by atoms with Crippen molar-refractivity contribution in [2.24, 2.45) is 5.92 Å². The summed E-state index contributed by atoms with van der Waals surface area (Å²) in [4.78, 5) is 38.6. The van der Waals surface area contributed by atoms with Gasteiger partial charge < -0.3 is 19.4 Å². The number of piperidine rings is 1. The number of amides is 1. The Labute approximate surface area is 195 Å². The summed E-state index contributed by atoms with van der Waals surface area (Å²) in [6.45, 7) is 2.28. The Kier molecular flexibility index (Phi) is 7.18. The molecule has 2 aliphatic heterocycles. The predicted octanol–water partition coefficient (Wildman–Crippen LogP) is 2.60. The van der Waals surface area contributed by atoms with Crippen LogP contribution in [0.4, 0.5) is 24.8 Å². The molecule has 4 heterocycles. The molecule has 1 amide bonds. The van der Waals surface area contributed by atoms with Crippen LogP contribution in [-0.2, 0) is 20.5 Å². The summed E-state index contributed by atoms with van der Waals surface area (Å²) in [6, 6.07) is 7.88. The normalized spacial score (nSPS) is 19.1. The summed E-state index contributed by atoms with van der Waals surface area (Å²) in [5, 5.41) is 0. The van der Waals surface area contributed by atoms with Gasteiger partial charge in [-0.3, -0.25) is 9.59 Å². The van der Waals surface area contributed by atoms with E-state index in [4.69, 9.17) is 4.74 Å². The number of carbonyl (C=O) groups excluding carboxylic acids is 2. The number of hydrogen-bond acceptors (Lipinski definition) is 7. The molecule has 4 rings (SSSR count). The van der Waals surface area contributed by atoms with E-state index in [2.05, 4.69) is 14.9 Å². The first-order chi connectivity index (χ1) is 16.3. The van der Waals surface area contributed by atoms with E-state index in [0.29, 0.717) is 45.6 Å². The lowest BCUT2D eigenvalue weighted by Gasteiger charge is -2.35. The monoisotopic (exact) mass is 477 g/mol. The van der Waals surface area contributed by atoms with Gasteiger partial charge in [0.1, 0.15) is 11.6 Å². The highest BCUT2D eigenvalue weighted by Gasteiger charge is 2.37. The molecule has 0 N–H and O–H groups in total. The molecule has 0 aliphatic carbocycles. The van der Waals surface area contributed by atoms with Crippen molar-refractivity contribution >= 4 is 23.5 Å². The van der Waals surface area contributed by atoms with Crippen LogP contribution < -0.4 is 9.80 Å². The second-order valence-corrected chi connectivity index (χ2v) is 8.32. The summed E-state index contributed by atoms with van der Waals surface area (Å²) in [7, 11) is 0. The fourth-order valence-electron chi connectivity index (χ4n) is 4.30. The molecule has 0 spiro atoms. The SMILES string of the molecule is O=C(OCC(=O)N1CCN(c2ccccn2)CC1)C1CCCN(c2ncccc2C(F)(F)F)C1. The average molecular weight is 477 g/mol. The van der Waals surface area contributed by atoms with Gasteiger partial charge in [-0.25, -0.2) is 9.97 Å². The maximum absolute atomic E-state index is 13.4. The number of anilines is 2. The predicted molar refractivity (Wildman–Crippen MR) is 118 cm³/mol. The number of ether oxygens (including phenoxy) is 1. The number of aromatic nitrogens is 2. The van der Waals surface area contributed by atoms with Crippen LogP contribution in [0.1, 0.15) is 18.4 Å². The number of halogens is 3. The molecule has 1 unspecified atom stereocenters. The zero-order valence-corrected chi connectivity index (χ0v) is 18.6. The fourth-order valence-corrected chi connectivity index (χ4v) is 4.30. The van der Waals surface area contributed by atoms with Crippen LogP contribution in [0.3, 0.4) is 0 Å². The highest BCUT2D eigenvalue weighted by Crippen LogP contribution is 2.36. The van der Waals surface area contributed by atoms with Gasteiger partial charge in [0, 0.05) is 51.7 Å². The van der Waals surface area contributed by atoms with Crippen molar-refractivity contribution < 1.29 is 27.5 Å². The fraction of sp³-hybridized carbons (Fsp3) is 0.478. The van der Waals surface area contributed by atoms with Gasteiger partial charge in [0.05, 0.1) is 11.5 Å². The first kappa shape index (κ1) is 23.8. The molecule has 0 radical (unpaired) electrons. The number of piperazine rings is 1. The zero-order valence-electron chi connectivity index (χ0n) is 18.6. The molecule has 0 bridgehead atoms. The lowest BCUT2D eigenvalue weighted by Crippen LogP contribution is -2.50. The molecule has 2 aliphatic rings. The van der Waals surface area contributed by atoms with Crippen LogP contribution >= 0.6 is 0 Å². The number of pyridine rings is 2. The third-order valence-corrected chi connectivity index (χ3v) is 6.09. The van der Waals surface area contributed by atoms with Crippen molar-refractivity contribution in [2.45, 2.75) is 19.0 Å². The maximum atomic E-state index is 13.4. The first-order valence-electron chi connectivity index (χ1n) is 11.2. The molecular weight excluding hydrogens is 451 g/mol. The smallest absolute Gasteiger partial charge is 0.419 e. The topological polar surface area (TPSA) is 78.9 Å². The van der Waals surface area contributed by atoms with Gasteiger partial charge >= 0.3 is 12.1 Å². The zero-order chi connectivity index (χ0) is 24.1. The van der Waals surface area contributed by atoms with Gasteiger partial charge in [0.2, 0.25) is 0 Å². The summed E-state index contributed by atoms with van der Waals surface area (Å²) in [6.07, 6.45) is -0.503. The second-order valence-electron chi connectivity index (χ2n) is 8.32. The van der Waals surface area contributed by atoms with E-state index in [9.17, 15) is 22.8 Å². The summed E-state index contributed by atoms with van der Waals surface area (Å²) < 4.78 is 45.3. The minimum Gasteiger partial charge on any atom is -0.455 e. The summed E-state index contributed by atoms with van der Waals surface area (Å²) >= 11 is 0. The van der Waals surface area contributed by atoms with Crippen molar-refractivity contribution in [1.82, 2.24) is 14.9 Å². The minimum absolute atomic E-state index is 0.0653. The van der Waals surface area contributed by atoms with E-state index in [-0.39, 0.29) is 24.9 Å². The number of carbonyl (C=O) groups is 2. The number of alkyl halides is 3. The second kappa shape index (κ2) is 10.3. The Morgan fingerprint density at radius 2 is 1.74 bits per heavy atom. The number of esters is 1. The molecule has 0 aromatic carbocycles. The van der Waals surface area contributed by atoms with Crippen molar-refractivity contribution in [1.29, 1.82) is 0 Å². The molecule has 8 nitrogen and oxygen atoms in total. The van der Waals surface area contributed by atoms with E-state index in [1.54, 1.807) is 11.1 Å². The third kappa shape index (κ3) is 5.57. The van der Waals surface area contributed by atoms with Crippen LogP contribution in [0.2, 0.25) is 0 Å². The lowest BCUT2D eigenvalue weighted by molar-refractivity contribution is -0.155. The molecule has 2 saturated heterocycles. The highest BCUT2D eigenvalue weighted by molar-refractivity contribution is 5.82. The van der Waals surface area contributed by atoms with Gasteiger partial charge in [0.15, 0.2) is 6.61 Å². The molecule has 1 atom stereocenters. The quantitative estimate of drug-likeness (QED) is 0.613. The molecule has 0 saturated carbocycles. The van der Waals surface area contributed by atoms with Crippen LogP contribution in [0.25, 0.3) is 0 Å². The van der Waals surface area contributed by atoms with E-state index in [1.807, 2.05) is 18.2 Å². The Morgan fingerprint density at radius 3 is 2.44 bits per heavy atom. The molecule has 34 heavy (non-hydrogen) atoms. The maximum Gasteiger partial charge on any atom is 0.419 e. The van der Waals surface area contributed by atoms with E-state index < -0.39 is 23.6 Å². The lowest BCUT2D eigenvalue weighted by atomic mass is 9.98. The van der Waals surface area contributed by atoms with Crippen LogP contribution in [0, 0.1) is 5.92 Å². The highest BCUT2D eigenvalue weighted by atomic mass is 19.4. The van der Waals surface area contributed by atoms with Crippen molar-refractivity contribution in [3.8, 4) is 0 Å². The third-order valence-electron chi connectivity index (χ3n) is 6.09. The molecule has 182 valence electrons. The minimum atomic E-state index is -4.54. The van der Waals surface area contributed by atoms with Gasteiger partial charge in [-0.2, -0.15) is 13.2 Å². The number of hydrogen-bond donors (Lipinski definition) is 0. The summed E-state index contributed by atoms with van der Waals surface area (Å²) in [5.41, 5.74) is -0.830. The van der Waals surface area contributed by atoms with E-state index in [0.717, 1.165) is 11.9 Å². The Hall–Kier alpha value is -3.37. The van der Waals surface area contributed by atoms with Gasteiger partial charge in [-0.15, -0.1) is 0 Å².